The molecule has 0 radical (unpaired) electrons. The maximum absolute atomic E-state index is 13.1. The molecular weight excluding hydrogens is 311 g/mol. The zero-order valence-electron chi connectivity index (χ0n) is 12.6. The molecule has 0 fully saturated rings. The molecule has 0 aliphatic rings. The van der Waals surface area contributed by atoms with Gasteiger partial charge in [-0.2, -0.15) is 11.8 Å². The highest BCUT2D eigenvalue weighted by Gasteiger charge is 2.25. The topological polar surface area (TPSA) is 55.1 Å². The number of carbonyl (C=O) groups excluding carboxylic acids is 1. The van der Waals surface area contributed by atoms with Crippen LogP contribution in [-0.4, -0.2) is 30.5 Å². The molecule has 1 aromatic rings. The van der Waals surface area contributed by atoms with Gasteiger partial charge in [-0.25, -0.2) is 4.39 Å². The SMILES string of the molecule is CSCC[C@H](N)C(=O)NCC(C)(C)c1ccc(F)cc1Cl. The molecule has 21 heavy (non-hydrogen) atoms. The zero-order valence-corrected chi connectivity index (χ0v) is 14.2. The van der Waals surface area contributed by atoms with Crippen LogP contribution in [0.3, 0.4) is 0 Å². The quantitative estimate of drug-likeness (QED) is 0.807. The Labute approximate surface area is 134 Å². The molecule has 3 nitrogen and oxygen atoms in total. The zero-order chi connectivity index (χ0) is 16.0. The van der Waals surface area contributed by atoms with E-state index in [1.54, 1.807) is 17.8 Å². The van der Waals surface area contributed by atoms with Crippen LogP contribution >= 0.6 is 23.4 Å². The Morgan fingerprint density at radius 1 is 1.52 bits per heavy atom. The summed E-state index contributed by atoms with van der Waals surface area (Å²) in [5.41, 5.74) is 6.21. The first kappa shape index (κ1) is 18.3. The van der Waals surface area contributed by atoms with E-state index in [1.165, 1.54) is 12.1 Å². The van der Waals surface area contributed by atoms with Crippen molar-refractivity contribution >= 4 is 29.3 Å². The fourth-order valence-corrected chi connectivity index (χ4v) is 2.86. The molecule has 6 heteroatoms. The first-order chi connectivity index (χ1) is 9.77. The average Bonchev–Trinajstić information content (AvgIpc) is 2.41. The predicted octanol–water partition coefficient (Wildman–Crippen LogP) is 2.95. The highest BCUT2D eigenvalue weighted by Crippen LogP contribution is 2.29. The highest BCUT2D eigenvalue weighted by molar-refractivity contribution is 7.98. The van der Waals surface area contributed by atoms with Gasteiger partial charge in [0, 0.05) is 17.0 Å². The van der Waals surface area contributed by atoms with E-state index in [1.807, 2.05) is 20.1 Å². The van der Waals surface area contributed by atoms with Gasteiger partial charge in [-0.05, 0) is 36.1 Å². The Morgan fingerprint density at radius 2 is 2.19 bits per heavy atom. The van der Waals surface area contributed by atoms with E-state index in [0.29, 0.717) is 18.0 Å². The maximum atomic E-state index is 13.1. The van der Waals surface area contributed by atoms with Crippen molar-refractivity contribution < 1.29 is 9.18 Å². The molecule has 0 heterocycles. The number of hydrogen-bond acceptors (Lipinski definition) is 3. The van der Waals surface area contributed by atoms with Gasteiger partial charge in [0.2, 0.25) is 5.91 Å². The third-order valence-electron chi connectivity index (χ3n) is 3.33. The molecule has 0 unspecified atom stereocenters. The summed E-state index contributed by atoms with van der Waals surface area (Å²) >= 11 is 7.74. The minimum Gasteiger partial charge on any atom is -0.354 e. The van der Waals surface area contributed by atoms with Crippen LogP contribution in [-0.2, 0) is 10.2 Å². The van der Waals surface area contributed by atoms with Crippen molar-refractivity contribution in [1.82, 2.24) is 5.32 Å². The number of halogens is 2. The number of benzene rings is 1. The van der Waals surface area contributed by atoms with E-state index in [-0.39, 0.29) is 11.7 Å². The van der Waals surface area contributed by atoms with Crippen LogP contribution in [0, 0.1) is 5.82 Å². The Morgan fingerprint density at radius 3 is 2.76 bits per heavy atom. The average molecular weight is 333 g/mol. The van der Waals surface area contributed by atoms with Crippen LogP contribution in [0.2, 0.25) is 5.02 Å². The van der Waals surface area contributed by atoms with Crippen LogP contribution in [0.4, 0.5) is 4.39 Å². The van der Waals surface area contributed by atoms with Crippen LogP contribution in [0.5, 0.6) is 0 Å². The largest absolute Gasteiger partial charge is 0.354 e. The molecule has 1 atom stereocenters. The van der Waals surface area contributed by atoms with Crippen LogP contribution in [0.15, 0.2) is 18.2 Å². The number of thioether (sulfide) groups is 1. The monoisotopic (exact) mass is 332 g/mol. The van der Waals surface area contributed by atoms with Gasteiger partial charge in [0.25, 0.3) is 0 Å². The number of nitrogens with two attached hydrogens (primary N) is 1. The lowest BCUT2D eigenvalue weighted by molar-refractivity contribution is -0.122. The third-order valence-corrected chi connectivity index (χ3v) is 4.29. The van der Waals surface area contributed by atoms with Crippen molar-refractivity contribution in [3.05, 3.63) is 34.6 Å². The Bertz CT molecular complexity index is 497. The van der Waals surface area contributed by atoms with E-state index < -0.39 is 11.5 Å². The summed E-state index contributed by atoms with van der Waals surface area (Å²) in [6.07, 6.45) is 2.62. The molecule has 0 spiro atoms. The minimum absolute atomic E-state index is 0.171. The molecule has 0 bridgehead atoms. The molecule has 0 aliphatic carbocycles. The fourth-order valence-electron chi connectivity index (χ4n) is 1.95. The predicted molar refractivity (Wildman–Crippen MR) is 88.4 cm³/mol. The van der Waals surface area contributed by atoms with Crippen molar-refractivity contribution in [3.8, 4) is 0 Å². The maximum Gasteiger partial charge on any atom is 0.236 e. The van der Waals surface area contributed by atoms with Gasteiger partial charge in [-0.1, -0.05) is 31.5 Å². The number of carbonyl (C=O) groups is 1. The van der Waals surface area contributed by atoms with Gasteiger partial charge >= 0.3 is 0 Å². The molecule has 3 N–H and O–H groups in total. The van der Waals surface area contributed by atoms with E-state index in [4.69, 9.17) is 17.3 Å². The molecule has 0 aromatic heterocycles. The van der Waals surface area contributed by atoms with Crippen molar-refractivity contribution in [2.45, 2.75) is 31.7 Å². The highest BCUT2D eigenvalue weighted by atomic mass is 35.5. The molecule has 1 aromatic carbocycles. The lowest BCUT2D eigenvalue weighted by atomic mass is 9.84. The van der Waals surface area contributed by atoms with Crippen molar-refractivity contribution in [1.29, 1.82) is 0 Å². The summed E-state index contributed by atoms with van der Waals surface area (Å²) in [6.45, 7) is 4.28. The standard InChI is InChI=1S/C15H22ClFN2OS/c1-15(2,11-5-4-10(17)8-12(11)16)9-19-14(20)13(18)6-7-21-3/h4-5,8,13H,6-7,9,18H2,1-3H3,(H,19,20)/t13-/m0/s1. The van der Waals surface area contributed by atoms with Crippen LogP contribution in [0.1, 0.15) is 25.8 Å². The molecule has 1 rings (SSSR count). The lowest BCUT2D eigenvalue weighted by Gasteiger charge is -2.27. The molecular formula is C15H22ClFN2OS. The Balaban J connectivity index is 2.66. The van der Waals surface area contributed by atoms with Crippen molar-refractivity contribution in [2.75, 3.05) is 18.6 Å². The van der Waals surface area contributed by atoms with Crippen LogP contribution in [0.25, 0.3) is 0 Å². The first-order valence-electron chi connectivity index (χ1n) is 6.75. The Hall–Kier alpha value is -0.780. The summed E-state index contributed by atoms with van der Waals surface area (Å²) in [5.74, 6) is 0.305. The van der Waals surface area contributed by atoms with E-state index in [0.717, 1.165) is 11.3 Å². The van der Waals surface area contributed by atoms with Gasteiger partial charge < -0.3 is 11.1 Å². The smallest absolute Gasteiger partial charge is 0.236 e. The number of nitrogens with one attached hydrogen (secondary N) is 1. The molecule has 0 saturated heterocycles. The molecule has 0 saturated carbocycles. The summed E-state index contributed by atoms with van der Waals surface area (Å²) in [7, 11) is 0. The van der Waals surface area contributed by atoms with Crippen molar-refractivity contribution in [2.24, 2.45) is 5.73 Å². The lowest BCUT2D eigenvalue weighted by Crippen LogP contribution is -2.45. The van der Waals surface area contributed by atoms with Gasteiger partial charge in [0.05, 0.1) is 6.04 Å². The Kier molecular flexibility index (Phi) is 6.97. The van der Waals surface area contributed by atoms with Gasteiger partial charge in [0.15, 0.2) is 0 Å². The van der Waals surface area contributed by atoms with E-state index >= 15 is 0 Å². The second kappa shape index (κ2) is 8.01. The summed E-state index contributed by atoms with van der Waals surface area (Å²) in [4.78, 5) is 11.9. The fraction of sp³-hybridized carbons (Fsp3) is 0.533. The van der Waals surface area contributed by atoms with E-state index in [2.05, 4.69) is 5.32 Å². The second-order valence-corrected chi connectivity index (χ2v) is 7.01. The van der Waals surface area contributed by atoms with E-state index in [9.17, 15) is 9.18 Å². The summed E-state index contributed by atoms with van der Waals surface area (Å²) < 4.78 is 13.1. The number of hydrogen-bond donors (Lipinski definition) is 2. The molecule has 0 aliphatic heterocycles. The third kappa shape index (κ3) is 5.49. The van der Waals surface area contributed by atoms with Gasteiger partial charge in [-0.3, -0.25) is 4.79 Å². The van der Waals surface area contributed by atoms with Crippen molar-refractivity contribution in [3.63, 3.8) is 0 Å². The summed E-state index contributed by atoms with van der Waals surface area (Å²) in [5, 5.41) is 3.21. The molecule has 118 valence electrons. The minimum atomic E-state index is -0.503. The first-order valence-corrected chi connectivity index (χ1v) is 8.53. The molecule has 1 amide bonds. The normalized spacial score (nSPS) is 13.0. The van der Waals surface area contributed by atoms with Gasteiger partial charge in [-0.15, -0.1) is 0 Å². The van der Waals surface area contributed by atoms with Crippen LogP contribution < -0.4 is 11.1 Å². The second-order valence-electron chi connectivity index (χ2n) is 5.61. The summed E-state index contributed by atoms with van der Waals surface area (Å²) in [6, 6.07) is 3.80. The van der Waals surface area contributed by atoms with Gasteiger partial charge in [0.1, 0.15) is 5.82 Å². The number of amides is 1. The number of rotatable bonds is 7.